The highest BCUT2D eigenvalue weighted by atomic mass is 127. The molecule has 0 aromatic heterocycles. The van der Waals surface area contributed by atoms with Crippen LogP contribution in [0.1, 0.15) is 16.7 Å². The van der Waals surface area contributed by atoms with Gasteiger partial charge in [-0.15, -0.1) is 0 Å². The molecule has 3 aromatic carbocycles. The van der Waals surface area contributed by atoms with Crippen LogP contribution in [-0.4, -0.2) is 23.2 Å². The van der Waals surface area contributed by atoms with Crippen molar-refractivity contribution < 1.29 is 19.1 Å². The predicted molar refractivity (Wildman–Crippen MR) is 139 cm³/mol. The molecular weight excluding hydrogens is 573 g/mol. The molecule has 1 aliphatic rings. The number of amides is 2. The average molecular weight is 592 g/mol. The molecule has 0 atom stereocenters. The molecule has 33 heavy (non-hydrogen) atoms. The smallest absolute Gasteiger partial charge is 0.293 e. The fourth-order valence-electron chi connectivity index (χ4n) is 3.25. The summed E-state index contributed by atoms with van der Waals surface area (Å²) in [6.07, 6.45) is 1.71. The van der Waals surface area contributed by atoms with Gasteiger partial charge in [-0.25, -0.2) is 0 Å². The van der Waals surface area contributed by atoms with Gasteiger partial charge in [0.2, 0.25) is 0 Å². The maximum absolute atomic E-state index is 12.9. The van der Waals surface area contributed by atoms with Crippen LogP contribution in [0.25, 0.3) is 6.08 Å². The van der Waals surface area contributed by atoms with Crippen molar-refractivity contribution in [2.24, 2.45) is 0 Å². The van der Waals surface area contributed by atoms with Crippen molar-refractivity contribution >= 4 is 63.2 Å². The lowest BCUT2D eigenvalue weighted by atomic mass is 10.1. The number of halogens is 2. The first-order valence-corrected chi connectivity index (χ1v) is 12.3. The van der Waals surface area contributed by atoms with E-state index in [4.69, 9.17) is 21.1 Å². The number of carbonyl (C=O) groups excluding carboxylic acids is 2. The molecule has 1 aliphatic heterocycles. The van der Waals surface area contributed by atoms with Crippen LogP contribution in [0.4, 0.5) is 4.79 Å². The maximum Gasteiger partial charge on any atom is 0.293 e. The van der Waals surface area contributed by atoms with Crippen LogP contribution < -0.4 is 9.47 Å². The number of rotatable bonds is 7. The van der Waals surface area contributed by atoms with Gasteiger partial charge in [-0.1, -0.05) is 54.1 Å². The molecule has 3 aromatic rings. The van der Waals surface area contributed by atoms with Crippen LogP contribution in [0.5, 0.6) is 11.5 Å². The molecule has 0 aliphatic carbocycles. The summed E-state index contributed by atoms with van der Waals surface area (Å²) in [6.45, 7) is 0.614. The topological polar surface area (TPSA) is 55.8 Å². The Morgan fingerprint density at radius 1 is 1.03 bits per heavy atom. The third kappa shape index (κ3) is 5.72. The normalized spacial score (nSPS) is 14.8. The zero-order chi connectivity index (χ0) is 23.4. The Labute approximate surface area is 214 Å². The van der Waals surface area contributed by atoms with E-state index in [2.05, 4.69) is 22.6 Å². The molecule has 2 amide bonds. The van der Waals surface area contributed by atoms with Gasteiger partial charge in [-0.2, -0.15) is 0 Å². The van der Waals surface area contributed by atoms with Gasteiger partial charge in [-0.05, 0) is 81.4 Å². The van der Waals surface area contributed by atoms with Gasteiger partial charge in [-0.3, -0.25) is 14.5 Å². The summed E-state index contributed by atoms with van der Waals surface area (Å²) in [5.74, 6) is 0.860. The summed E-state index contributed by atoms with van der Waals surface area (Å²) < 4.78 is 12.4. The molecule has 1 saturated heterocycles. The summed E-state index contributed by atoms with van der Waals surface area (Å²) in [5.41, 5.74) is 2.63. The monoisotopic (exact) mass is 591 g/mol. The molecular formula is C25H19ClINO4S. The van der Waals surface area contributed by atoms with E-state index >= 15 is 0 Å². The van der Waals surface area contributed by atoms with Crippen LogP contribution in [0, 0.1) is 3.57 Å². The van der Waals surface area contributed by atoms with Crippen molar-refractivity contribution in [2.75, 3.05) is 7.11 Å². The summed E-state index contributed by atoms with van der Waals surface area (Å²) in [4.78, 5) is 27.0. The molecule has 0 saturated carbocycles. The SMILES string of the molecule is COc1cc(/C=C2/SC(=O)N(Cc3ccccc3)C2=O)cc(I)c1OCc1ccc(Cl)cc1. The second-order valence-electron chi connectivity index (χ2n) is 7.20. The van der Waals surface area contributed by atoms with Crippen molar-refractivity contribution in [3.63, 3.8) is 0 Å². The fourth-order valence-corrected chi connectivity index (χ4v) is 5.00. The standard InChI is InChI=1S/C25H19ClINO4S/c1-31-21-12-18(11-20(27)23(21)32-15-17-7-9-19(26)10-8-17)13-22-24(29)28(25(30)33-22)14-16-5-3-2-4-6-16/h2-13H,14-15H2,1H3/b22-13+. The number of imide groups is 1. The van der Waals surface area contributed by atoms with E-state index in [0.717, 1.165) is 32.0 Å². The van der Waals surface area contributed by atoms with Gasteiger partial charge in [0, 0.05) is 5.02 Å². The van der Waals surface area contributed by atoms with Crippen LogP contribution in [0.3, 0.4) is 0 Å². The number of hydrogen-bond acceptors (Lipinski definition) is 5. The summed E-state index contributed by atoms with van der Waals surface area (Å²) in [7, 11) is 1.57. The minimum Gasteiger partial charge on any atom is -0.493 e. The quantitative estimate of drug-likeness (QED) is 0.224. The number of benzene rings is 3. The fraction of sp³-hybridized carbons (Fsp3) is 0.120. The molecule has 4 rings (SSSR count). The first kappa shape index (κ1) is 23.7. The second kappa shape index (κ2) is 10.6. The van der Waals surface area contributed by atoms with Gasteiger partial charge < -0.3 is 9.47 Å². The third-order valence-electron chi connectivity index (χ3n) is 4.90. The van der Waals surface area contributed by atoms with Crippen molar-refractivity contribution in [3.05, 3.63) is 96.9 Å². The Morgan fingerprint density at radius 2 is 1.76 bits per heavy atom. The van der Waals surface area contributed by atoms with E-state index < -0.39 is 0 Å². The Hall–Kier alpha value is -2.49. The van der Waals surface area contributed by atoms with E-state index in [1.165, 1.54) is 4.90 Å². The molecule has 5 nitrogen and oxygen atoms in total. The highest BCUT2D eigenvalue weighted by molar-refractivity contribution is 14.1. The van der Waals surface area contributed by atoms with Crippen LogP contribution >= 0.6 is 46.0 Å². The van der Waals surface area contributed by atoms with Gasteiger partial charge in [0.1, 0.15) is 6.61 Å². The first-order chi connectivity index (χ1) is 15.9. The summed E-state index contributed by atoms with van der Waals surface area (Å²) in [5, 5.41) is 0.392. The molecule has 1 fully saturated rings. The van der Waals surface area contributed by atoms with Crippen LogP contribution in [-0.2, 0) is 17.9 Å². The van der Waals surface area contributed by atoms with Crippen LogP contribution in [0.15, 0.2) is 71.6 Å². The lowest BCUT2D eigenvalue weighted by Crippen LogP contribution is -2.27. The lowest BCUT2D eigenvalue weighted by molar-refractivity contribution is -0.123. The Bertz CT molecular complexity index is 1220. The van der Waals surface area contributed by atoms with Crippen molar-refractivity contribution in [1.29, 1.82) is 0 Å². The van der Waals surface area contributed by atoms with Gasteiger partial charge in [0.05, 0.1) is 22.1 Å². The zero-order valence-corrected chi connectivity index (χ0v) is 21.3. The number of nitrogens with zero attached hydrogens (tertiary/aromatic N) is 1. The van der Waals surface area contributed by atoms with Crippen molar-refractivity contribution in [1.82, 2.24) is 4.90 Å². The van der Waals surface area contributed by atoms with Crippen molar-refractivity contribution in [2.45, 2.75) is 13.2 Å². The Kier molecular flexibility index (Phi) is 7.62. The average Bonchev–Trinajstić information content (AvgIpc) is 3.07. The lowest BCUT2D eigenvalue weighted by Gasteiger charge is -2.14. The molecule has 168 valence electrons. The van der Waals surface area contributed by atoms with E-state index in [9.17, 15) is 9.59 Å². The largest absolute Gasteiger partial charge is 0.493 e. The molecule has 0 radical (unpaired) electrons. The number of ether oxygens (including phenoxy) is 2. The van der Waals surface area contributed by atoms with Gasteiger partial charge >= 0.3 is 0 Å². The highest BCUT2D eigenvalue weighted by Gasteiger charge is 2.35. The molecule has 1 heterocycles. The zero-order valence-electron chi connectivity index (χ0n) is 17.6. The minimum absolute atomic E-state index is 0.251. The number of thioether (sulfide) groups is 1. The predicted octanol–water partition coefficient (Wildman–Crippen LogP) is 6.77. The molecule has 0 spiro atoms. The van der Waals surface area contributed by atoms with Crippen molar-refractivity contribution in [3.8, 4) is 11.5 Å². The first-order valence-electron chi connectivity index (χ1n) is 9.98. The Morgan fingerprint density at radius 3 is 2.45 bits per heavy atom. The molecule has 0 unspecified atom stereocenters. The highest BCUT2D eigenvalue weighted by Crippen LogP contribution is 2.38. The van der Waals surface area contributed by atoms with E-state index in [1.807, 2.05) is 60.7 Å². The van der Waals surface area contributed by atoms with E-state index in [1.54, 1.807) is 19.3 Å². The van der Waals surface area contributed by atoms with E-state index in [-0.39, 0.29) is 17.7 Å². The van der Waals surface area contributed by atoms with Gasteiger partial charge in [0.25, 0.3) is 11.1 Å². The van der Waals surface area contributed by atoms with Crippen LogP contribution in [0.2, 0.25) is 5.02 Å². The minimum atomic E-state index is -0.300. The molecule has 0 N–H and O–H groups in total. The van der Waals surface area contributed by atoms with E-state index in [0.29, 0.717) is 28.0 Å². The maximum atomic E-state index is 12.9. The summed E-state index contributed by atoms with van der Waals surface area (Å²) in [6, 6.07) is 20.6. The third-order valence-corrected chi connectivity index (χ3v) is 6.86. The molecule has 0 bridgehead atoms. The number of methoxy groups -OCH3 is 1. The van der Waals surface area contributed by atoms with Gasteiger partial charge in [0.15, 0.2) is 11.5 Å². The Balaban J connectivity index is 1.53. The second-order valence-corrected chi connectivity index (χ2v) is 9.79. The summed E-state index contributed by atoms with van der Waals surface area (Å²) >= 11 is 9.06. The molecule has 8 heteroatoms. The number of carbonyl (C=O) groups is 2. The number of hydrogen-bond donors (Lipinski definition) is 0.